The zero-order valence-electron chi connectivity index (χ0n) is 22.7. The first-order valence-corrected chi connectivity index (χ1v) is 12.7. The van der Waals surface area contributed by atoms with Gasteiger partial charge in [0, 0.05) is 33.9 Å². The molecule has 0 N–H and O–H groups in total. The van der Waals surface area contributed by atoms with Gasteiger partial charge in [-0.15, -0.1) is 0 Å². The SMILES string of the molecule is C=C(C)C(=O)Oc1ccc(-c2ccc(-c3ccc(OC(=O)C(=C)C)c4c3CCC4)cc2F)c(OC(=O)C(=C)C)c1. The van der Waals surface area contributed by atoms with Crippen molar-refractivity contribution >= 4 is 17.9 Å². The molecule has 0 bridgehead atoms. The summed E-state index contributed by atoms with van der Waals surface area (Å²) in [5.41, 5.74) is 4.59. The van der Waals surface area contributed by atoms with Crippen LogP contribution in [0.2, 0.25) is 0 Å². The van der Waals surface area contributed by atoms with Crippen molar-refractivity contribution in [3.05, 3.63) is 102 Å². The summed E-state index contributed by atoms with van der Waals surface area (Å²) in [6.45, 7) is 15.4. The number of hydrogen-bond donors (Lipinski definition) is 0. The smallest absolute Gasteiger partial charge is 0.338 e. The third kappa shape index (κ3) is 5.94. The van der Waals surface area contributed by atoms with E-state index >= 15 is 4.39 Å². The Bertz CT molecular complexity index is 1600. The minimum absolute atomic E-state index is 0.0104. The van der Waals surface area contributed by atoms with Crippen LogP contribution >= 0.6 is 0 Å². The topological polar surface area (TPSA) is 78.9 Å². The number of ether oxygens (including phenoxy) is 3. The first-order chi connectivity index (χ1) is 19.0. The Balaban J connectivity index is 1.72. The average Bonchev–Trinajstić information content (AvgIpc) is 3.39. The summed E-state index contributed by atoms with van der Waals surface area (Å²) >= 11 is 0. The van der Waals surface area contributed by atoms with Crippen molar-refractivity contribution in [1.29, 1.82) is 0 Å². The lowest BCUT2D eigenvalue weighted by atomic mass is 9.94. The quantitative estimate of drug-likeness (QED) is 0.172. The van der Waals surface area contributed by atoms with Crippen LogP contribution in [-0.4, -0.2) is 17.9 Å². The summed E-state index contributed by atoms with van der Waals surface area (Å²) < 4.78 is 31.9. The van der Waals surface area contributed by atoms with Crippen molar-refractivity contribution < 1.29 is 33.0 Å². The highest BCUT2D eigenvalue weighted by molar-refractivity contribution is 5.92. The van der Waals surface area contributed by atoms with E-state index in [1.165, 1.54) is 38.1 Å². The van der Waals surface area contributed by atoms with Crippen LogP contribution in [0.4, 0.5) is 4.39 Å². The van der Waals surface area contributed by atoms with Gasteiger partial charge < -0.3 is 14.2 Å². The number of rotatable bonds is 8. The van der Waals surface area contributed by atoms with Crippen molar-refractivity contribution in [1.82, 2.24) is 0 Å². The first-order valence-electron chi connectivity index (χ1n) is 12.7. The third-order valence-corrected chi connectivity index (χ3v) is 6.43. The molecule has 0 heterocycles. The fourth-order valence-corrected chi connectivity index (χ4v) is 4.38. The second-order valence-corrected chi connectivity index (χ2v) is 9.78. The Morgan fingerprint density at radius 1 is 0.650 bits per heavy atom. The van der Waals surface area contributed by atoms with Crippen LogP contribution in [0.25, 0.3) is 22.3 Å². The van der Waals surface area contributed by atoms with Crippen molar-refractivity contribution in [2.45, 2.75) is 40.0 Å². The third-order valence-electron chi connectivity index (χ3n) is 6.43. The second kappa shape index (κ2) is 11.5. The summed E-state index contributed by atoms with van der Waals surface area (Å²) in [6, 6.07) is 12.7. The van der Waals surface area contributed by atoms with Gasteiger partial charge in [-0.1, -0.05) is 37.9 Å². The predicted molar refractivity (Wildman–Crippen MR) is 151 cm³/mol. The molecule has 3 aromatic carbocycles. The van der Waals surface area contributed by atoms with E-state index in [0.29, 0.717) is 22.4 Å². The normalized spacial score (nSPS) is 11.8. The number of esters is 3. The lowest BCUT2D eigenvalue weighted by Crippen LogP contribution is -2.11. The monoisotopic (exact) mass is 540 g/mol. The van der Waals surface area contributed by atoms with Gasteiger partial charge in [0.2, 0.25) is 0 Å². The maximum atomic E-state index is 15.7. The Morgan fingerprint density at radius 2 is 1.20 bits per heavy atom. The molecular weight excluding hydrogens is 511 g/mol. The summed E-state index contributed by atoms with van der Waals surface area (Å²) in [7, 11) is 0. The maximum absolute atomic E-state index is 15.7. The number of halogens is 1. The van der Waals surface area contributed by atoms with E-state index < -0.39 is 23.7 Å². The van der Waals surface area contributed by atoms with Gasteiger partial charge >= 0.3 is 17.9 Å². The van der Waals surface area contributed by atoms with Crippen molar-refractivity contribution in [2.75, 3.05) is 0 Å². The molecule has 0 radical (unpaired) electrons. The van der Waals surface area contributed by atoms with Gasteiger partial charge in [-0.3, -0.25) is 0 Å². The fourth-order valence-electron chi connectivity index (χ4n) is 4.38. The molecule has 0 unspecified atom stereocenters. The van der Waals surface area contributed by atoms with Gasteiger partial charge in [-0.05, 0) is 86.6 Å². The van der Waals surface area contributed by atoms with Gasteiger partial charge in [0.05, 0.1) is 0 Å². The summed E-state index contributed by atoms with van der Waals surface area (Å²) in [5.74, 6) is -1.75. The molecular formula is C33H29FO6. The van der Waals surface area contributed by atoms with Crippen LogP contribution in [0.5, 0.6) is 17.2 Å². The molecule has 0 spiro atoms. The highest BCUT2D eigenvalue weighted by atomic mass is 19.1. The van der Waals surface area contributed by atoms with E-state index in [4.69, 9.17) is 14.2 Å². The van der Waals surface area contributed by atoms with Crippen LogP contribution in [0.1, 0.15) is 38.3 Å². The number of carbonyl (C=O) groups is 3. The van der Waals surface area contributed by atoms with Gasteiger partial charge in [0.15, 0.2) is 0 Å². The summed E-state index contributed by atoms with van der Waals surface area (Å²) in [5, 5.41) is 0. The molecule has 0 saturated heterocycles. The molecule has 0 saturated carbocycles. The Hall–Kier alpha value is -4.78. The van der Waals surface area contributed by atoms with Gasteiger partial charge in [-0.2, -0.15) is 0 Å². The second-order valence-electron chi connectivity index (χ2n) is 9.78. The zero-order valence-corrected chi connectivity index (χ0v) is 22.7. The van der Waals surface area contributed by atoms with E-state index in [1.807, 2.05) is 6.07 Å². The Morgan fingerprint density at radius 3 is 1.82 bits per heavy atom. The Labute approximate surface area is 232 Å². The Kier molecular flexibility index (Phi) is 8.14. The average molecular weight is 541 g/mol. The van der Waals surface area contributed by atoms with E-state index in [1.54, 1.807) is 25.1 Å². The fraction of sp³-hybridized carbons (Fsp3) is 0.182. The van der Waals surface area contributed by atoms with E-state index in [-0.39, 0.29) is 28.2 Å². The summed E-state index contributed by atoms with van der Waals surface area (Å²) in [6.07, 6.45) is 2.42. The minimum Gasteiger partial charge on any atom is -0.423 e. The molecule has 40 heavy (non-hydrogen) atoms. The lowest BCUT2D eigenvalue weighted by Gasteiger charge is -2.16. The molecule has 0 atom stereocenters. The van der Waals surface area contributed by atoms with E-state index in [2.05, 4.69) is 19.7 Å². The lowest BCUT2D eigenvalue weighted by molar-refractivity contribution is -0.131. The van der Waals surface area contributed by atoms with Crippen molar-refractivity contribution in [3.8, 4) is 39.5 Å². The van der Waals surface area contributed by atoms with Crippen molar-refractivity contribution in [2.24, 2.45) is 0 Å². The number of carbonyl (C=O) groups excluding carboxylic acids is 3. The maximum Gasteiger partial charge on any atom is 0.338 e. The van der Waals surface area contributed by atoms with Gasteiger partial charge in [0.1, 0.15) is 23.1 Å². The first kappa shape index (κ1) is 28.2. The molecule has 1 aliphatic rings. The van der Waals surface area contributed by atoms with Crippen LogP contribution in [0.3, 0.4) is 0 Å². The van der Waals surface area contributed by atoms with Gasteiger partial charge in [0.25, 0.3) is 0 Å². The van der Waals surface area contributed by atoms with Crippen LogP contribution in [-0.2, 0) is 27.2 Å². The van der Waals surface area contributed by atoms with Crippen molar-refractivity contribution in [3.63, 3.8) is 0 Å². The highest BCUT2D eigenvalue weighted by Gasteiger charge is 2.23. The molecule has 0 aromatic heterocycles. The van der Waals surface area contributed by atoms with Crippen LogP contribution in [0.15, 0.2) is 85.0 Å². The predicted octanol–water partition coefficient (Wildman–Crippen LogP) is 7.09. The molecule has 4 rings (SSSR count). The van der Waals surface area contributed by atoms with Gasteiger partial charge in [-0.25, -0.2) is 18.8 Å². The molecule has 6 nitrogen and oxygen atoms in total. The molecule has 7 heteroatoms. The van der Waals surface area contributed by atoms with Crippen LogP contribution in [0, 0.1) is 5.82 Å². The standard InChI is InChI=1S/C33H29FO6/c1-18(2)31(35)38-22-11-13-27(30(17-22)40-33(37)20(5)6)25-12-10-21(16-28(25)34)23-14-15-29(39-32(36)19(3)4)26-9-7-8-24(23)26/h10-17H,1,3,5,7-9H2,2,4,6H3. The molecule has 0 aliphatic heterocycles. The van der Waals surface area contributed by atoms with E-state index in [0.717, 1.165) is 36.0 Å². The van der Waals surface area contributed by atoms with E-state index in [9.17, 15) is 14.4 Å². The zero-order chi connectivity index (χ0) is 29.1. The number of fused-ring (bicyclic) bond motifs is 1. The number of hydrogen-bond acceptors (Lipinski definition) is 6. The highest BCUT2D eigenvalue weighted by Crippen LogP contribution is 2.41. The molecule has 1 aliphatic carbocycles. The minimum atomic E-state index is -0.704. The summed E-state index contributed by atoms with van der Waals surface area (Å²) in [4.78, 5) is 36.4. The molecule has 3 aromatic rings. The van der Waals surface area contributed by atoms with Crippen LogP contribution < -0.4 is 14.2 Å². The molecule has 0 amide bonds. The number of benzene rings is 3. The largest absolute Gasteiger partial charge is 0.423 e. The molecule has 0 fully saturated rings. The molecule has 204 valence electrons.